The second kappa shape index (κ2) is 9.45. The molecule has 0 aliphatic carbocycles. The van der Waals surface area contributed by atoms with Gasteiger partial charge in [-0.05, 0) is 56.5 Å². The monoisotopic (exact) mass is 424 g/mol. The minimum Gasteiger partial charge on any atom is -0.322 e. The zero-order valence-corrected chi connectivity index (χ0v) is 18.8. The number of amides is 1. The van der Waals surface area contributed by atoms with Gasteiger partial charge in [-0.25, -0.2) is 4.68 Å². The number of anilines is 1. The molecule has 1 aromatic heterocycles. The molecule has 0 fully saturated rings. The van der Waals surface area contributed by atoms with Crippen LogP contribution in [0.25, 0.3) is 5.69 Å². The lowest BCUT2D eigenvalue weighted by molar-refractivity contribution is -0.115. The van der Waals surface area contributed by atoms with Crippen LogP contribution < -0.4 is 10.6 Å². The van der Waals surface area contributed by atoms with E-state index in [2.05, 4.69) is 29.6 Å². The first-order valence-electron chi connectivity index (χ1n) is 10.3. The summed E-state index contributed by atoms with van der Waals surface area (Å²) in [7, 11) is 0. The first-order chi connectivity index (χ1) is 14.4. The van der Waals surface area contributed by atoms with Crippen molar-refractivity contribution in [3.8, 4) is 5.69 Å². The van der Waals surface area contributed by atoms with Crippen molar-refractivity contribution in [1.82, 2.24) is 15.1 Å². The maximum absolute atomic E-state index is 12.8. The lowest BCUT2D eigenvalue weighted by atomic mass is 9.84. The van der Waals surface area contributed by atoms with Crippen LogP contribution in [0.4, 0.5) is 5.69 Å². The SMILES string of the molecule is CCC(CC)(NCC(=O)Nc1c(C)nn(-c2ccccc2)c1C)c1ccc(Cl)cc1. The van der Waals surface area contributed by atoms with Crippen molar-refractivity contribution >= 4 is 23.2 Å². The maximum Gasteiger partial charge on any atom is 0.238 e. The molecule has 2 N–H and O–H groups in total. The summed E-state index contributed by atoms with van der Waals surface area (Å²) < 4.78 is 1.86. The van der Waals surface area contributed by atoms with E-state index in [9.17, 15) is 4.79 Å². The van der Waals surface area contributed by atoms with Crippen molar-refractivity contribution in [2.75, 3.05) is 11.9 Å². The van der Waals surface area contributed by atoms with Crippen LogP contribution in [0.15, 0.2) is 54.6 Å². The number of para-hydroxylation sites is 1. The summed E-state index contributed by atoms with van der Waals surface area (Å²) in [5.41, 5.74) is 4.28. The lowest BCUT2D eigenvalue weighted by Gasteiger charge is -2.33. The van der Waals surface area contributed by atoms with Crippen molar-refractivity contribution in [3.05, 3.63) is 76.6 Å². The molecule has 158 valence electrons. The van der Waals surface area contributed by atoms with Gasteiger partial charge in [-0.15, -0.1) is 0 Å². The van der Waals surface area contributed by atoms with Crippen molar-refractivity contribution in [2.45, 2.75) is 46.1 Å². The third kappa shape index (κ3) is 4.58. The Hall–Kier alpha value is -2.63. The molecule has 1 amide bonds. The third-order valence-electron chi connectivity index (χ3n) is 5.75. The largest absolute Gasteiger partial charge is 0.322 e. The smallest absolute Gasteiger partial charge is 0.238 e. The number of benzene rings is 2. The van der Waals surface area contributed by atoms with Gasteiger partial charge < -0.3 is 5.32 Å². The predicted molar refractivity (Wildman–Crippen MR) is 123 cm³/mol. The average molecular weight is 425 g/mol. The Morgan fingerprint density at radius 2 is 1.67 bits per heavy atom. The van der Waals surface area contributed by atoms with Crippen molar-refractivity contribution in [3.63, 3.8) is 0 Å². The molecule has 3 aromatic rings. The molecule has 0 radical (unpaired) electrons. The summed E-state index contributed by atoms with van der Waals surface area (Å²) in [6.45, 7) is 8.33. The van der Waals surface area contributed by atoms with E-state index >= 15 is 0 Å². The van der Waals surface area contributed by atoms with Crippen LogP contribution in [0.5, 0.6) is 0 Å². The van der Waals surface area contributed by atoms with Gasteiger partial charge >= 0.3 is 0 Å². The van der Waals surface area contributed by atoms with Gasteiger partial charge in [-0.3, -0.25) is 10.1 Å². The standard InChI is InChI=1S/C24H29ClN4O/c1-5-24(6-2,19-12-14-20(25)15-13-19)26-16-22(30)27-23-17(3)28-29(18(23)4)21-10-8-7-9-11-21/h7-15,26H,5-6,16H2,1-4H3,(H,27,30). The highest BCUT2D eigenvalue weighted by molar-refractivity contribution is 6.30. The Kier molecular flexibility index (Phi) is 6.95. The Morgan fingerprint density at radius 1 is 1.03 bits per heavy atom. The molecule has 0 spiro atoms. The summed E-state index contributed by atoms with van der Waals surface area (Å²) >= 11 is 6.05. The van der Waals surface area contributed by atoms with Gasteiger partial charge in [0.15, 0.2) is 0 Å². The van der Waals surface area contributed by atoms with Gasteiger partial charge in [-0.2, -0.15) is 5.10 Å². The van der Waals surface area contributed by atoms with E-state index in [1.165, 1.54) is 0 Å². The highest BCUT2D eigenvalue weighted by Crippen LogP contribution is 2.30. The highest BCUT2D eigenvalue weighted by atomic mass is 35.5. The topological polar surface area (TPSA) is 59.0 Å². The van der Waals surface area contributed by atoms with Crippen LogP contribution >= 0.6 is 11.6 Å². The molecule has 0 saturated heterocycles. The zero-order chi connectivity index (χ0) is 21.7. The van der Waals surface area contributed by atoms with Gasteiger partial charge in [-0.1, -0.05) is 55.8 Å². The first kappa shape index (κ1) is 22.1. The van der Waals surface area contributed by atoms with E-state index in [-0.39, 0.29) is 18.0 Å². The minimum atomic E-state index is -0.278. The van der Waals surface area contributed by atoms with Crippen LogP contribution in [0, 0.1) is 13.8 Å². The molecule has 0 unspecified atom stereocenters. The van der Waals surface area contributed by atoms with E-state index in [0.29, 0.717) is 5.02 Å². The summed E-state index contributed by atoms with van der Waals surface area (Å²) in [4.78, 5) is 12.8. The number of halogens is 1. The number of hydrogen-bond acceptors (Lipinski definition) is 3. The quantitative estimate of drug-likeness (QED) is 0.510. The number of aryl methyl sites for hydroxylation is 1. The van der Waals surface area contributed by atoms with Gasteiger partial charge in [0.1, 0.15) is 0 Å². The van der Waals surface area contributed by atoms with Gasteiger partial charge in [0.05, 0.1) is 29.3 Å². The van der Waals surface area contributed by atoms with E-state index in [4.69, 9.17) is 11.6 Å². The summed E-state index contributed by atoms with van der Waals surface area (Å²) in [6, 6.07) is 17.7. The molecule has 0 atom stereocenters. The summed E-state index contributed by atoms with van der Waals surface area (Å²) in [5, 5.41) is 11.8. The Balaban J connectivity index is 1.74. The molecule has 2 aromatic carbocycles. The number of rotatable bonds is 8. The van der Waals surface area contributed by atoms with Crippen molar-refractivity contribution < 1.29 is 4.79 Å². The second-order valence-corrected chi connectivity index (χ2v) is 7.93. The van der Waals surface area contributed by atoms with Gasteiger partial charge in [0.2, 0.25) is 5.91 Å². The van der Waals surface area contributed by atoms with Crippen LogP contribution in [-0.4, -0.2) is 22.2 Å². The predicted octanol–water partition coefficient (Wildman–Crippen LogP) is 5.39. The number of carbonyl (C=O) groups is 1. The highest BCUT2D eigenvalue weighted by Gasteiger charge is 2.28. The molecule has 0 aliphatic rings. The zero-order valence-electron chi connectivity index (χ0n) is 18.0. The molecule has 1 heterocycles. The summed E-state index contributed by atoms with van der Waals surface area (Å²) in [5.74, 6) is -0.0888. The molecule has 3 rings (SSSR count). The van der Waals surface area contributed by atoms with Crippen LogP contribution in [0.1, 0.15) is 43.6 Å². The number of nitrogens with zero attached hydrogens (tertiary/aromatic N) is 2. The van der Waals surface area contributed by atoms with Crippen molar-refractivity contribution in [1.29, 1.82) is 0 Å². The fraction of sp³-hybridized carbons (Fsp3) is 0.333. The molecule has 6 heteroatoms. The fourth-order valence-corrected chi connectivity index (χ4v) is 3.98. The number of nitrogens with one attached hydrogen (secondary N) is 2. The van der Waals surface area contributed by atoms with E-state index in [1.807, 2.05) is 73.1 Å². The lowest BCUT2D eigenvalue weighted by Crippen LogP contribution is -2.45. The Morgan fingerprint density at radius 3 is 2.27 bits per heavy atom. The van der Waals surface area contributed by atoms with E-state index < -0.39 is 0 Å². The molecule has 0 bridgehead atoms. The van der Waals surface area contributed by atoms with Crippen LogP contribution in [0.3, 0.4) is 0 Å². The van der Waals surface area contributed by atoms with Gasteiger partial charge in [0.25, 0.3) is 0 Å². The molecule has 5 nitrogen and oxygen atoms in total. The van der Waals surface area contributed by atoms with Crippen LogP contribution in [-0.2, 0) is 10.3 Å². The number of aromatic nitrogens is 2. The van der Waals surface area contributed by atoms with Crippen LogP contribution in [0.2, 0.25) is 5.02 Å². The number of hydrogen-bond donors (Lipinski definition) is 2. The van der Waals surface area contributed by atoms with Crippen molar-refractivity contribution in [2.24, 2.45) is 0 Å². The molecular formula is C24H29ClN4O. The average Bonchev–Trinajstić information content (AvgIpc) is 3.04. The van der Waals surface area contributed by atoms with E-state index in [0.717, 1.165) is 41.2 Å². The Labute approximate surface area is 183 Å². The molecule has 0 aliphatic heterocycles. The molecule has 0 saturated carbocycles. The Bertz CT molecular complexity index is 992. The second-order valence-electron chi connectivity index (χ2n) is 7.49. The molecular weight excluding hydrogens is 396 g/mol. The minimum absolute atomic E-state index is 0.0888. The van der Waals surface area contributed by atoms with Gasteiger partial charge in [0, 0.05) is 10.6 Å². The number of carbonyl (C=O) groups excluding carboxylic acids is 1. The normalized spacial score (nSPS) is 11.5. The fourth-order valence-electron chi connectivity index (χ4n) is 3.86. The maximum atomic E-state index is 12.8. The third-order valence-corrected chi connectivity index (χ3v) is 6.00. The van der Waals surface area contributed by atoms with E-state index in [1.54, 1.807) is 0 Å². The first-order valence-corrected chi connectivity index (χ1v) is 10.7. The molecule has 30 heavy (non-hydrogen) atoms. The summed E-state index contributed by atoms with van der Waals surface area (Å²) in [6.07, 6.45) is 1.73.